The Labute approximate surface area is 139 Å². The average molecular weight is 373 g/mol. The second-order valence-electron chi connectivity index (χ2n) is 4.51. The van der Waals surface area contributed by atoms with Gasteiger partial charge in [0, 0.05) is 17.0 Å². The number of nitrogens with zero attached hydrogens (tertiary/aromatic N) is 1. The predicted octanol–water partition coefficient (Wildman–Crippen LogP) is 3.67. The van der Waals surface area contributed by atoms with Crippen molar-refractivity contribution in [3.8, 4) is 0 Å². The molecule has 3 aromatic rings. The molecule has 0 saturated heterocycles. The van der Waals surface area contributed by atoms with Crippen LogP contribution in [-0.4, -0.2) is 25.6 Å². The van der Waals surface area contributed by atoms with Crippen LogP contribution in [0, 0.1) is 0 Å². The lowest BCUT2D eigenvalue weighted by molar-refractivity contribution is 0.102. The Kier molecular flexibility index (Phi) is 3.94. The molecule has 1 amide bonds. The average Bonchev–Trinajstić information content (AvgIpc) is 3.01. The normalized spacial score (nSPS) is 11.7. The summed E-state index contributed by atoms with van der Waals surface area (Å²) >= 11 is 8.47. The minimum absolute atomic E-state index is 0.224. The van der Waals surface area contributed by atoms with Crippen molar-refractivity contribution in [2.45, 2.75) is 4.90 Å². The van der Waals surface area contributed by atoms with Gasteiger partial charge in [-0.1, -0.05) is 22.9 Å². The summed E-state index contributed by atoms with van der Waals surface area (Å²) in [5.41, 5.74) is 1.02. The molecule has 114 valence electrons. The van der Waals surface area contributed by atoms with Gasteiger partial charge in [-0.15, -0.1) is 11.3 Å². The summed E-state index contributed by atoms with van der Waals surface area (Å²) < 4.78 is 23.8. The number of hydrogen-bond acceptors (Lipinski definition) is 6. The fourth-order valence-corrected chi connectivity index (χ4v) is 4.46. The second kappa shape index (κ2) is 5.62. The number of anilines is 1. The van der Waals surface area contributed by atoms with E-state index in [9.17, 15) is 13.2 Å². The number of halogens is 1. The Morgan fingerprint density at radius 2 is 2.09 bits per heavy atom. The maximum Gasteiger partial charge on any atom is 0.259 e. The van der Waals surface area contributed by atoms with Gasteiger partial charge < -0.3 is 0 Å². The van der Waals surface area contributed by atoms with Crippen LogP contribution in [-0.2, 0) is 9.84 Å². The van der Waals surface area contributed by atoms with Crippen LogP contribution in [0.15, 0.2) is 33.9 Å². The number of nitrogens with one attached hydrogen (secondary N) is 1. The number of carbonyl (C=O) groups is 1. The van der Waals surface area contributed by atoms with E-state index in [-0.39, 0.29) is 10.8 Å². The highest BCUT2D eigenvalue weighted by atomic mass is 35.5. The lowest BCUT2D eigenvalue weighted by Gasteiger charge is -1.98. The fraction of sp³-hybridized carbons (Fsp3) is 0.0769. The van der Waals surface area contributed by atoms with Crippen molar-refractivity contribution in [1.82, 2.24) is 4.98 Å². The van der Waals surface area contributed by atoms with E-state index in [4.69, 9.17) is 11.6 Å². The van der Waals surface area contributed by atoms with Crippen molar-refractivity contribution >= 4 is 65.4 Å². The van der Waals surface area contributed by atoms with E-state index >= 15 is 0 Å². The summed E-state index contributed by atoms with van der Waals surface area (Å²) in [6.45, 7) is 0. The molecule has 0 aliphatic rings. The molecular weight excluding hydrogens is 364 g/mol. The van der Waals surface area contributed by atoms with Gasteiger partial charge in [0.05, 0.1) is 25.7 Å². The molecule has 5 nitrogen and oxygen atoms in total. The first-order valence-corrected chi connectivity index (χ1v) is 10.0. The molecule has 0 aliphatic carbocycles. The van der Waals surface area contributed by atoms with Gasteiger partial charge in [0.25, 0.3) is 5.91 Å². The maximum atomic E-state index is 12.1. The number of aromatic nitrogens is 1. The molecule has 0 unspecified atom stereocenters. The Morgan fingerprint density at radius 3 is 2.73 bits per heavy atom. The second-order valence-corrected chi connectivity index (χ2v) is 8.71. The van der Waals surface area contributed by atoms with Gasteiger partial charge in [-0.2, -0.15) is 0 Å². The highest BCUT2D eigenvalue weighted by molar-refractivity contribution is 7.90. The van der Waals surface area contributed by atoms with E-state index in [0.717, 1.165) is 6.26 Å². The van der Waals surface area contributed by atoms with Crippen LogP contribution in [0.1, 0.15) is 10.4 Å². The van der Waals surface area contributed by atoms with Crippen molar-refractivity contribution in [2.24, 2.45) is 0 Å². The highest BCUT2D eigenvalue weighted by Gasteiger charge is 2.15. The van der Waals surface area contributed by atoms with Crippen LogP contribution >= 0.6 is 34.3 Å². The lowest BCUT2D eigenvalue weighted by Crippen LogP contribution is -2.10. The summed E-state index contributed by atoms with van der Waals surface area (Å²) in [4.78, 5) is 16.6. The van der Waals surface area contributed by atoms with Crippen LogP contribution < -0.4 is 5.32 Å². The van der Waals surface area contributed by atoms with E-state index in [1.807, 2.05) is 0 Å². The van der Waals surface area contributed by atoms with Gasteiger partial charge >= 0.3 is 0 Å². The summed E-state index contributed by atoms with van der Waals surface area (Å²) in [6, 6.07) is 4.67. The van der Waals surface area contributed by atoms with Crippen LogP contribution in [0.25, 0.3) is 10.2 Å². The van der Waals surface area contributed by atoms with Crippen LogP contribution in [0.2, 0.25) is 5.02 Å². The summed E-state index contributed by atoms with van der Waals surface area (Å²) in [7, 11) is -3.27. The van der Waals surface area contributed by atoms with E-state index in [2.05, 4.69) is 10.3 Å². The number of amides is 1. The van der Waals surface area contributed by atoms with E-state index in [0.29, 0.717) is 25.9 Å². The fourth-order valence-electron chi connectivity index (χ4n) is 1.80. The van der Waals surface area contributed by atoms with Gasteiger partial charge in [0.15, 0.2) is 15.0 Å². The molecule has 3 rings (SSSR count). The zero-order valence-electron chi connectivity index (χ0n) is 11.2. The third kappa shape index (κ3) is 3.00. The maximum absolute atomic E-state index is 12.1. The van der Waals surface area contributed by atoms with E-state index < -0.39 is 9.84 Å². The summed E-state index contributed by atoms with van der Waals surface area (Å²) in [5.74, 6) is -0.339. The molecule has 0 spiro atoms. The molecule has 0 aliphatic heterocycles. The number of rotatable bonds is 3. The van der Waals surface area contributed by atoms with Crippen LogP contribution in [0.5, 0.6) is 0 Å². The molecule has 2 heterocycles. The minimum atomic E-state index is -3.27. The third-order valence-corrected chi connectivity index (χ3v) is 6.10. The number of hydrogen-bond donors (Lipinski definition) is 1. The number of fused-ring (bicyclic) bond motifs is 1. The molecule has 2 aromatic heterocycles. The number of thiophene rings is 1. The molecule has 0 bridgehead atoms. The van der Waals surface area contributed by atoms with Crippen LogP contribution in [0.3, 0.4) is 0 Å². The molecule has 0 radical (unpaired) electrons. The van der Waals surface area contributed by atoms with Crippen molar-refractivity contribution in [2.75, 3.05) is 11.6 Å². The van der Waals surface area contributed by atoms with E-state index in [1.165, 1.54) is 28.7 Å². The first-order valence-electron chi connectivity index (χ1n) is 5.98. The van der Waals surface area contributed by atoms with Gasteiger partial charge in [-0.3, -0.25) is 10.1 Å². The molecular formula is C13H9ClN2O3S3. The predicted molar refractivity (Wildman–Crippen MR) is 90.0 cm³/mol. The van der Waals surface area contributed by atoms with Gasteiger partial charge in [-0.25, -0.2) is 13.4 Å². The molecule has 1 aromatic carbocycles. The quantitative estimate of drug-likeness (QED) is 0.761. The Bertz CT molecular complexity index is 976. The highest BCUT2D eigenvalue weighted by Crippen LogP contribution is 2.29. The summed E-state index contributed by atoms with van der Waals surface area (Å²) in [6.07, 6.45) is 1.15. The van der Waals surface area contributed by atoms with E-state index in [1.54, 1.807) is 22.9 Å². The number of carbonyl (C=O) groups excluding carboxylic acids is 1. The monoisotopic (exact) mass is 372 g/mol. The Morgan fingerprint density at radius 1 is 1.32 bits per heavy atom. The third-order valence-electron chi connectivity index (χ3n) is 2.87. The number of thiazole rings is 1. The molecule has 9 heteroatoms. The van der Waals surface area contributed by atoms with Crippen molar-refractivity contribution < 1.29 is 13.2 Å². The lowest BCUT2D eigenvalue weighted by atomic mass is 10.3. The van der Waals surface area contributed by atoms with Crippen molar-refractivity contribution in [3.05, 3.63) is 39.5 Å². The Balaban J connectivity index is 1.93. The number of benzene rings is 1. The zero-order valence-corrected chi connectivity index (χ0v) is 14.4. The number of sulfone groups is 1. The standard InChI is InChI=1S/C13H9ClN2O3S3/c1-22(18,19)7-2-3-10-11(4-7)21-13(15-10)16-12(17)8-5-20-6-9(8)14/h2-6H,1H3,(H,15,16,17). The summed E-state index contributed by atoms with van der Waals surface area (Å²) in [5, 5.41) is 6.80. The smallest absolute Gasteiger partial charge is 0.259 e. The molecule has 0 saturated carbocycles. The van der Waals surface area contributed by atoms with Crippen LogP contribution in [0.4, 0.5) is 5.13 Å². The molecule has 0 atom stereocenters. The molecule has 22 heavy (non-hydrogen) atoms. The largest absolute Gasteiger partial charge is 0.298 e. The van der Waals surface area contributed by atoms with Gasteiger partial charge in [0.1, 0.15) is 0 Å². The SMILES string of the molecule is CS(=O)(=O)c1ccc2nc(NC(=O)c3cscc3Cl)sc2c1. The first-order chi connectivity index (χ1) is 10.3. The minimum Gasteiger partial charge on any atom is -0.298 e. The zero-order chi connectivity index (χ0) is 15.9. The molecule has 0 fully saturated rings. The topological polar surface area (TPSA) is 76.1 Å². The molecule has 1 N–H and O–H groups in total. The Hall–Kier alpha value is -1.48. The van der Waals surface area contributed by atoms with Crippen molar-refractivity contribution in [1.29, 1.82) is 0 Å². The van der Waals surface area contributed by atoms with Crippen molar-refractivity contribution in [3.63, 3.8) is 0 Å². The van der Waals surface area contributed by atoms with Gasteiger partial charge in [0.2, 0.25) is 0 Å². The first kappa shape index (κ1) is 15.4. The van der Waals surface area contributed by atoms with Gasteiger partial charge in [-0.05, 0) is 18.2 Å².